The molecule has 10 rings (SSSR count). The van der Waals surface area contributed by atoms with Gasteiger partial charge < -0.3 is 9.32 Å². The summed E-state index contributed by atoms with van der Waals surface area (Å²) < 4.78 is 6.09. The number of benzene rings is 9. The second-order valence-electron chi connectivity index (χ2n) is 13.3. The SMILES string of the molecule is N#Cc1ccc2oc3ccc(-c4ccc(N(c5ccc(-c6ccccc6)cc5)c5ccc6c7ccccc7c7ccccc7c6c5)cc4)cc3c2c1. The van der Waals surface area contributed by atoms with E-state index in [0.29, 0.717) is 5.56 Å². The summed E-state index contributed by atoms with van der Waals surface area (Å²) in [7, 11) is 0. The normalized spacial score (nSPS) is 11.4. The number of hydrogen-bond acceptors (Lipinski definition) is 3. The molecule has 0 saturated carbocycles. The fourth-order valence-corrected chi connectivity index (χ4v) is 7.74. The van der Waals surface area contributed by atoms with E-state index < -0.39 is 0 Å². The predicted octanol–water partition coefficient (Wildman–Crippen LogP) is 13.7. The minimum Gasteiger partial charge on any atom is -0.456 e. The Bertz CT molecular complexity index is 2970. The van der Waals surface area contributed by atoms with Crippen molar-refractivity contribution in [2.45, 2.75) is 0 Å². The van der Waals surface area contributed by atoms with Gasteiger partial charge in [-0.1, -0.05) is 115 Å². The number of nitriles is 1. The molecule has 0 atom stereocenters. The topological polar surface area (TPSA) is 40.2 Å². The third-order valence-electron chi connectivity index (χ3n) is 10.3. The lowest BCUT2D eigenvalue weighted by molar-refractivity contribution is 0.669. The van der Waals surface area contributed by atoms with Crippen LogP contribution in [0.5, 0.6) is 0 Å². The minimum absolute atomic E-state index is 0.622. The number of hydrogen-bond donors (Lipinski definition) is 0. The molecular weight excluding hydrogens is 633 g/mol. The molecule has 242 valence electrons. The highest BCUT2D eigenvalue weighted by molar-refractivity contribution is 6.25. The summed E-state index contributed by atoms with van der Waals surface area (Å²) in [6.45, 7) is 0. The van der Waals surface area contributed by atoms with Crippen LogP contribution in [-0.4, -0.2) is 0 Å². The number of anilines is 3. The molecule has 0 aliphatic carbocycles. The molecule has 52 heavy (non-hydrogen) atoms. The molecule has 0 spiro atoms. The first-order valence-electron chi connectivity index (χ1n) is 17.5. The third kappa shape index (κ3) is 4.89. The lowest BCUT2D eigenvalue weighted by Crippen LogP contribution is -2.10. The molecule has 0 radical (unpaired) electrons. The van der Waals surface area contributed by atoms with Crippen molar-refractivity contribution in [3.05, 3.63) is 188 Å². The average molecular weight is 663 g/mol. The number of nitrogens with zero attached hydrogens (tertiary/aromatic N) is 2. The second-order valence-corrected chi connectivity index (χ2v) is 13.3. The van der Waals surface area contributed by atoms with Crippen LogP contribution in [0.25, 0.3) is 76.5 Å². The van der Waals surface area contributed by atoms with Crippen molar-refractivity contribution < 1.29 is 4.42 Å². The Kier molecular flexibility index (Phi) is 6.87. The molecule has 1 aromatic heterocycles. The third-order valence-corrected chi connectivity index (χ3v) is 10.3. The Hall–Kier alpha value is -7.15. The van der Waals surface area contributed by atoms with E-state index in [0.717, 1.165) is 50.1 Å². The van der Waals surface area contributed by atoms with Crippen LogP contribution in [0.3, 0.4) is 0 Å². The van der Waals surface area contributed by atoms with E-state index in [1.807, 2.05) is 18.2 Å². The van der Waals surface area contributed by atoms with E-state index in [1.54, 1.807) is 6.07 Å². The Balaban J connectivity index is 1.11. The van der Waals surface area contributed by atoms with Gasteiger partial charge in [0.15, 0.2) is 0 Å². The molecule has 0 aliphatic heterocycles. The molecule has 3 heteroatoms. The van der Waals surface area contributed by atoms with Gasteiger partial charge in [-0.15, -0.1) is 0 Å². The van der Waals surface area contributed by atoms with Crippen molar-refractivity contribution in [2.24, 2.45) is 0 Å². The Morgan fingerprint density at radius 3 is 1.42 bits per heavy atom. The van der Waals surface area contributed by atoms with E-state index in [-0.39, 0.29) is 0 Å². The van der Waals surface area contributed by atoms with Crippen molar-refractivity contribution in [1.29, 1.82) is 5.26 Å². The maximum Gasteiger partial charge on any atom is 0.135 e. The first-order chi connectivity index (χ1) is 25.7. The summed E-state index contributed by atoms with van der Waals surface area (Å²) in [5.41, 5.74) is 10.0. The van der Waals surface area contributed by atoms with Crippen LogP contribution in [0.1, 0.15) is 5.56 Å². The lowest BCUT2D eigenvalue weighted by atomic mass is 9.94. The Labute approximate surface area is 300 Å². The summed E-state index contributed by atoms with van der Waals surface area (Å²) >= 11 is 0. The summed E-state index contributed by atoms with van der Waals surface area (Å²) in [5, 5.41) is 19.0. The summed E-state index contributed by atoms with van der Waals surface area (Å²) in [5.74, 6) is 0. The highest BCUT2D eigenvalue weighted by Gasteiger charge is 2.17. The van der Waals surface area contributed by atoms with Gasteiger partial charge in [-0.3, -0.25) is 0 Å². The van der Waals surface area contributed by atoms with Gasteiger partial charge in [-0.2, -0.15) is 5.26 Å². The number of rotatable bonds is 5. The van der Waals surface area contributed by atoms with Gasteiger partial charge in [0.1, 0.15) is 11.2 Å². The van der Waals surface area contributed by atoms with E-state index in [1.165, 1.54) is 43.4 Å². The van der Waals surface area contributed by atoms with Crippen molar-refractivity contribution >= 4 is 71.3 Å². The molecule has 0 bridgehead atoms. The van der Waals surface area contributed by atoms with Gasteiger partial charge in [-0.25, -0.2) is 0 Å². The summed E-state index contributed by atoms with van der Waals surface area (Å²) in [4.78, 5) is 2.35. The van der Waals surface area contributed by atoms with E-state index in [9.17, 15) is 5.26 Å². The van der Waals surface area contributed by atoms with Crippen LogP contribution in [0.15, 0.2) is 186 Å². The van der Waals surface area contributed by atoms with Gasteiger partial charge in [0.2, 0.25) is 0 Å². The van der Waals surface area contributed by atoms with Gasteiger partial charge in [0.05, 0.1) is 11.6 Å². The van der Waals surface area contributed by atoms with Crippen molar-refractivity contribution in [1.82, 2.24) is 0 Å². The predicted molar refractivity (Wildman–Crippen MR) is 217 cm³/mol. The maximum absolute atomic E-state index is 9.50. The zero-order chi connectivity index (χ0) is 34.6. The van der Waals surface area contributed by atoms with Crippen molar-refractivity contribution in [2.75, 3.05) is 4.90 Å². The average Bonchev–Trinajstić information content (AvgIpc) is 3.59. The minimum atomic E-state index is 0.622. The highest BCUT2D eigenvalue weighted by atomic mass is 16.3. The molecule has 10 aromatic rings. The second kappa shape index (κ2) is 12.0. The summed E-state index contributed by atoms with van der Waals surface area (Å²) in [6, 6.07) is 66.6. The molecule has 9 aromatic carbocycles. The standard InChI is InChI=1S/C49H30N2O/c50-31-32-14-26-48-46(28-32)47-29-36(19-27-49(47)52-48)35-17-22-38(23-18-35)51(37-20-15-34(16-21-37)33-8-2-1-3-9-33)39-24-25-44-42-12-5-4-10-40(42)41-11-6-7-13-43(41)45(44)30-39/h1-30H. The van der Waals surface area contributed by atoms with Crippen LogP contribution >= 0.6 is 0 Å². The van der Waals surface area contributed by atoms with Gasteiger partial charge in [0, 0.05) is 27.8 Å². The van der Waals surface area contributed by atoms with Crippen LogP contribution in [0.2, 0.25) is 0 Å². The van der Waals surface area contributed by atoms with E-state index in [4.69, 9.17) is 4.42 Å². The Morgan fingerprint density at radius 1 is 0.346 bits per heavy atom. The zero-order valence-corrected chi connectivity index (χ0v) is 28.1. The molecule has 0 fully saturated rings. The zero-order valence-electron chi connectivity index (χ0n) is 28.1. The summed E-state index contributed by atoms with van der Waals surface area (Å²) in [6.07, 6.45) is 0. The van der Waals surface area contributed by atoms with Crippen LogP contribution in [-0.2, 0) is 0 Å². The monoisotopic (exact) mass is 662 g/mol. The quantitative estimate of drug-likeness (QED) is 0.172. The molecule has 3 nitrogen and oxygen atoms in total. The van der Waals surface area contributed by atoms with Crippen LogP contribution in [0, 0.1) is 11.3 Å². The molecule has 0 unspecified atom stereocenters. The van der Waals surface area contributed by atoms with E-state index >= 15 is 0 Å². The van der Waals surface area contributed by atoms with Gasteiger partial charge >= 0.3 is 0 Å². The molecule has 0 N–H and O–H groups in total. The maximum atomic E-state index is 9.50. The molecule has 1 heterocycles. The number of fused-ring (bicyclic) bond motifs is 9. The fraction of sp³-hybridized carbons (Fsp3) is 0. The van der Waals surface area contributed by atoms with Crippen molar-refractivity contribution in [3.63, 3.8) is 0 Å². The van der Waals surface area contributed by atoms with Crippen LogP contribution in [0.4, 0.5) is 17.1 Å². The smallest absolute Gasteiger partial charge is 0.135 e. The van der Waals surface area contributed by atoms with Gasteiger partial charge in [0.25, 0.3) is 0 Å². The molecular formula is C49H30N2O. The molecule has 0 amide bonds. The first-order valence-corrected chi connectivity index (χ1v) is 17.5. The fourth-order valence-electron chi connectivity index (χ4n) is 7.74. The Morgan fingerprint density at radius 2 is 0.808 bits per heavy atom. The number of furan rings is 1. The largest absolute Gasteiger partial charge is 0.456 e. The van der Waals surface area contributed by atoms with Crippen LogP contribution < -0.4 is 4.90 Å². The van der Waals surface area contributed by atoms with Crippen molar-refractivity contribution in [3.8, 4) is 28.3 Å². The first kappa shape index (κ1) is 29.7. The molecule has 0 aliphatic rings. The highest BCUT2D eigenvalue weighted by Crippen LogP contribution is 2.42. The molecule has 0 saturated heterocycles. The van der Waals surface area contributed by atoms with Gasteiger partial charge in [-0.05, 0) is 121 Å². The van der Waals surface area contributed by atoms with E-state index in [2.05, 4.69) is 169 Å². The lowest BCUT2D eigenvalue weighted by Gasteiger charge is -2.26.